The predicted octanol–water partition coefficient (Wildman–Crippen LogP) is 3.49. The normalized spacial score (nSPS) is 22.1. The summed E-state index contributed by atoms with van der Waals surface area (Å²) in [5, 5.41) is 3.52. The Morgan fingerprint density at radius 3 is 2.53 bits per heavy atom. The van der Waals surface area contributed by atoms with Gasteiger partial charge >= 0.3 is 0 Å². The van der Waals surface area contributed by atoms with Crippen molar-refractivity contribution in [1.29, 1.82) is 0 Å². The minimum absolute atomic E-state index is 0. The van der Waals surface area contributed by atoms with Crippen molar-refractivity contribution in [3.05, 3.63) is 0 Å². The molecule has 4 heteroatoms. The lowest BCUT2D eigenvalue weighted by Gasteiger charge is -2.26. The van der Waals surface area contributed by atoms with E-state index in [1.807, 2.05) is 7.05 Å². The van der Waals surface area contributed by atoms with E-state index in [1.165, 1.54) is 51.6 Å². The van der Waals surface area contributed by atoms with E-state index in [2.05, 4.69) is 29.1 Å². The van der Waals surface area contributed by atoms with Crippen LogP contribution in [0.5, 0.6) is 0 Å². The van der Waals surface area contributed by atoms with E-state index in [0.717, 1.165) is 18.4 Å². The molecule has 1 heterocycles. The Labute approximate surface area is 135 Å². The summed E-state index contributed by atoms with van der Waals surface area (Å²) in [7, 11) is 1.91. The number of rotatable bonds is 3. The molecule has 2 rings (SSSR count). The highest BCUT2D eigenvalue weighted by Gasteiger charge is 2.40. The molecule has 1 saturated carbocycles. The number of hydrogen-bond acceptors (Lipinski definition) is 1. The Balaban J connectivity index is 0.00000180. The molecule has 3 nitrogen and oxygen atoms in total. The minimum atomic E-state index is 0. The topological polar surface area (TPSA) is 27.6 Å². The third-order valence-electron chi connectivity index (χ3n) is 4.62. The first-order valence-corrected chi connectivity index (χ1v) is 7.61. The summed E-state index contributed by atoms with van der Waals surface area (Å²) in [6.07, 6.45) is 8.34. The Hall–Kier alpha value is 0. The first-order valence-electron chi connectivity index (χ1n) is 7.61. The predicted molar refractivity (Wildman–Crippen MR) is 93.3 cm³/mol. The van der Waals surface area contributed by atoms with Crippen molar-refractivity contribution < 1.29 is 0 Å². The molecule has 0 aromatic carbocycles. The van der Waals surface area contributed by atoms with Gasteiger partial charge < -0.3 is 10.2 Å². The van der Waals surface area contributed by atoms with Crippen LogP contribution in [0, 0.1) is 11.3 Å². The van der Waals surface area contributed by atoms with Crippen LogP contribution in [0.25, 0.3) is 0 Å². The summed E-state index contributed by atoms with van der Waals surface area (Å²) in [6, 6.07) is 0. The maximum Gasteiger partial charge on any atom is 0.193 e. The third kappa shape index (κ3) is 4.50. The van der Waals surface area contributed by atoms with Gasteiger partial charge in [-0.15, -0.1) is 24.0 Å². The lowest BCUT2D eigenvalue weighted by Crippen LogP contribution is -2.41. The number of nitrogens with zero attached hydrogens (tertiary/aromatic N) is 2. The van der Waals surface area contributed by atoms with Gasteiger partial charge in [-0.2, -0.15) is 0 Å². The molecule has 0 aromatic heterocycles. The molecular weight excluding hydrogens is 349 g/mol. The van der Waals surface area contributed by atoms with Crippen LogP contribution < -0.4 is 5.32 Å². The zero-order chi connectivity index (χ0) is 13.0. The second kappa shape index (κ2) is 7.70. The summed E-state index contributed by atoms with van der Waals surface area (Å²) >= 11 is 0. The fourth-order valence-electron chi connectivity index (χ4n) is 3.45. The lowest BCUT2D eigenvalue weighted by molar-refractivity contribution is 0.309. The zero-order valence-electron chi connectivity index (χ0n) is 12.7. The summed E-state index contributed by atoms with van der Waals surface area (Å²) in [5.41, 5.74) is 0.635. The van der Waals surface area contributed by atoms with E-state index in [9.17, 15) is 0 Å². The molecule has 2 fully saturated rings. The van der Waals surface area contributed by atoms with Gasteiger partial charge in [0.1, 0.15) is 0 Å². The standard InChI is InChI=1S/C15H29N3.HI/c1-13(2)6-10-17-14(16-3)18-11-9-15(12-18)7-4-5-8-15;/h13H,4-12H2,1-3H3,(H,16,17);1H. The second-order valence-corrected chi connectivity index (χ2v) is 6.54. The SMILES string of the molecule is CN=C(NCCC(C)C)N1CCC2(CCCC2)C1.I. The molecule has 2 aliphatic rings. The molecule has 0 bridgehead atoms. The molecule has 0 amide bonds. The number of halogens is 1. The molecule has 1 aliphatic heterocycles. The van der Waals surface area contributed by atoms with Gasteiger partial charge in [0, 0.05) is 26.7 Å². The highest BCUT2D eigenvalue weighted by Crippen LogP contribution is 2.45. The lowest BCUT2D eigenvalue weighted by atomic mass is 9.86. The fourth-order valence-corrected chi connectivity index (χ4v) is 3.45. The highest BCUT2D eigenvalue weighted by molar-refractivity contribution is 14.0. The van der Waals surface area contributed by atoms with Crippen LogP contribution in [-0.4, -0.2) is 37.5 Å². The van der Waals surface area contributed by atoms with E-state index >= 15 is 0 Å². The average Bonchev–Trinajstić information content (AvgIpc) is 2.96. The number of hydrogen-bond donors (Lipinski definition) is 1. The number of likely N-dealkylation sites (tertiary alicyclic amines) is 1. The summed E-state index contributed by atoms with van der Waals surface area (Å²) < 4.78 is 0. The van der Waals surface area contributed by atoms with E-state index in [0.29, 0.717) is 5.41 Å². The fraction of sp³-hybridized carbons (Fsp3) is 0.933. The number of guanidine groups is 1. The van der Waals surface area contributed by atoms with Gasteiger partial charge in [-0.3, -0.25) is 4.99 Å². The first-order chi connectivity index (χ1) is 8.65. The van der Waals surface area contributed by atoms with E-state index in [1.54, 1.807) is 0 Å². The Bertz CT molecular complexity index is 296. The zero-order valence-corrected chi connectivity index (χ0v) is 15.1. The van der Waals surface area contributed by atoms with Crippen molar-refractivity contribution in [3.63, 3.8) is 0 Å². The number of nitrogens with one attached hydrogen (secondary N) is 1. The molecule has 0 atom stereocenters. The second-order valence-electron chi connectivity index (χ2n) is 6.54. The largest absolute Gasteiger partial charge is 0.356 e. The van der Waals surface area contributed by atoms with Gasteiger partial charge in [-0.25, -0.2) is 0 Å². The smallest absolute Gasteiger partial charge is 0.193 e. The Morgan fingerprint density at radius 1 is 1.26 bits per heavy atom. The maximum atomic E-state index is 4.45. The Kier molecular flexibility index (Phi) is 6.91. The van der Waals surface area contributed by atoms with Crippen LogP contribution in [0.4, 0.5) is 0 Å². The molecule has 1 spiro atoms. The van der Waals surface area contributed by atoms with Gasteiger partial charge in [0.15, 0.2) is 5.96 Å². The summed E-state index contributed by atoms with van der Waals surface area (Å²) in [5.74, 6) is 1.88. The molecule has 1 aliphatic carbocycles. The Morgan fingerprint density at radius 2 is 1.95 bits per heavy atom. The molecule has 0 radical (unpaired) electrons. The average molecular weight is 379 g/mol. The van der Waals surface area contributed by atoms with Gasteiger partial charge in [-0.05, 0) is 37.0 Å². The molecule has 1 saturated heterocycles. The minimum Gasteiger partial charge on any atom is -0.356 e. The van der Waals surface area contributed by atoms with Crippen molar-refractivity contribution in [2.75, 3.05) is 26.7 Å². The molecule has 112 valence electrons. The van der Waals surface area contributed by atoms with Gasteiger partial charge in [0.2, 0.25) is 0 Å². The summed E-state index contributed by atoms with van der Waals surface area (Å²) in [4.78, 5) is 6.93. The van der Waals surface area contributed by atoms with Crippen LogP contribution in [0.1, 0.15) is 52.4 Å². The van der Waals surface area contributed by atoms with Crippen molar-refractivity contribution in [2.24, 2.45) is 16.3 Å². The van der Waals surface area contributed by atoms with Crippen molar-refractivity contribution in [3.8, 4) is 0 Å². The quantitative estimate of drug-likeness (QED) is 0.462. The van der Waals surface area contributed by atoms with Crippen LogP contribution >= 0.6 is 24.0 Å². The molecule has 19 heavy (non-hydrogen) atoms. The molecule has 0 aromatic rings. The first kappa shape index (κ1) is 17.1. The maximum absolute atomic E-state index is 4.45. The molecular formula is C15H30IN3. The van der Waals surface area contributed by atoms with Crippen LogP contribution in [0.3, 0.4) is 0 Å². The van der Waals surface area contributed by atoms with Crippen molar-refractivity contribution >= 4 is 29.9 Å². The van der Waals surface area contributed by atoms with Gasteiger partial charge in [0.05, 0.1) is 0 Å². The number of aliphatic imine (C=N–C) groups is 1. The van der Waals surface area contributed by atoms with E-state index in [-0.39, 0.29) is 24.0 Å². The van der Waals surface area contributed by atoms with Gasteiger partial charge in [0.25, 0.3) is 0 Å². The van der Waals surface area contributed by atoms with Crippen LogP contribution in [-0.2, 0) is 0 Å². The van der Waals surface area contributed by atoms with Crippen LogP contribution in [0.2, 0.25) is 0 Å². The van der Waals surface area contributed by atoms with E-state index < -0.39 is 0 Å². The van der Waals surface area contributed by atoms with Crippen molar-refractivity contribution in [2.45, 2.75) is 52.4 Å². The van der Waals surface area contributed by atoms with Crippen LogP contribution in [0.15, 0.2) is 4.99 Å². The summed E-state index contributed by atoms with van der Waals surface area (Å²) in [6.45, 7) is 8.02. The molecule has 0 unspecified atom stereocenters. The van der Waals surface area contributed by atoms with E-state index in [4.69, 9.17) is 0 Å². The van der Waals surface area contributed by atoms with Gasteiger partial charge in [-0.1, -0.05) is 26.7 Å². The highest BCUT2D eigenvalue weighted by atomic mass is 127. The molecule has 1 N–H and O–H groups in total. The monoisotopic (exact) mass is 379 g/mol. The van der Waals surface area contributed by atoms with Crippen molar-refractivity contribution in [1.82, 2.24) is 10.2 Å². The third-order valence-corrected chi connectivity index (χ3v) is 4.62.